The molecule has 4 N–H and O–H groups in total. The number of rotatable bonds is 5. The van der Waals surface area contributed by atoms with E-state index < -0.39 is 0 Å². The van der Waals surface area contributed by atoms with E-state index in [4.69, 9.17) is 10.8 Å². The standard InChI is InChI=1S/C33H29N5/c1-22(38-34)28-21-20-23-10-8-9-15-29(23)30(28)24-16-18-27(19-17-24)33-36-31(25-11-4-2-5-12-25)35-32(37-33)26-13-6-3-7-14-26/h2-21,31,33,36H,34H2,1H3,(H,35,37)/b38-22+. The molecule has 0 saturated heterocycles. The summed E-state index contributed by atoms with van der Waals surface area (Å²) in [7, 11) is 0. The smallest absolute Gasteiger partial charge is 0.131 e. The molecular weight excluding hydrogens is 466 g/mol. The fourth-order valence-electron chi connectivity index (χ4n) is 5.08. The summed E-state index contributed by atoms with van der Waals surface area (Å²) in [5.41, 5.74) is 7.41. The third kappa shape index (κ3) is 4.56. The van der Waals surface area contributed by atoms with Crippen molar-refractivity contribution in [1.29, 1.82) is 0 Å². The molecule has 0 spiro atoms. The van der Waals surface area contributed by atoms with Crippen LogP contribution in [0.3, 0.4) is 0 Å². The molecular formula is C33H29N5. The molecule has 0 saturated carbocycles. The van der Waals surface area contributed by atoms with Crippen molar-refractivity contribution < 1.29 is 0 Å². The van der Waals surface area contributed by atoms with Gasteiger partial charge in [-0.15, -0.1) is 0 Å². The molecule has 0 amide bonds. The number of benzene rings is 5. The zero-order valence-corrected chi connectivity index (χ0v) is 21.2. The highest BCUT2D eigenvalue weighted by molar-refractivity contribution is 6.11. The fourth-order valence-corrected chi connectivity index (χ4v) is 5.08. The number of hydrogen-bond acceptors (Lipinski definition) is 5. The van der Waals surface area contributed by atoms with Gasteiger partial charge in [-0.25, -0.2) is 4.99 Å². The molecule has 0 aliphatic carbocycles. The van der Waals surface area contributed by atoms with E-state index in [1.807, 2.05) is 31.2 Å². The van der Waals surface area contributed by atoms with Gasteiger partial charge in [-0.2, -0.15) is 5.10 Å². The SMILES string of the molecule is C/C(=N\N)c1ccc2ccccc2c1-c1ccc(C2N=C(c3ccccc3)NC(c3ccccc3)N2)cc1. The molecule has 1 heterocycles. The largest absolute Gasteiger partial charge is 0.350 e. The van der Waals surface area contributed by atoms with Gasteiger partial charge in [-0.05, 0) is 39.9 Å². The van der Waals surface area contributed by atoms with Gasteiger partial charge in [0.25, 0.3) is 0 Å². The second-order valence-electron chi connectivity index (χ2n) is 9.45. The second-order valence-corrected chi connectivity index (χ2v) is 9.45. The maximum atomic E-state index is 5.70. The highest BCUT2D eigenvalue weighted by Crippen LogP contribution is 2.34. The molecule has 6 rings (SSSR count). The minimum Gasteiger partial charge on any atom is -0.350 e. The second kappa shape index (κ2) is 10.3. The lowest BCUT2D eigenvalue weighted by atomic mass is 9.91. The summed E-state index contributed by atoms with van der Waals surface area (Å²) in [5.74, 6) is 6.57. The molecule has 2 atom stereocenters. The van der Waals surface area contributed by atoms with Crippen molar-refractivity contribution in [3.63, 3.8) is 0 Å². The molecule has 5 aromatic rings. The van der Waals surface area contributed by atoms with Crippen molar-refractivity contribution in [3.8, 4) is 11.1 Å². The van der Waals surface area contributed by atoms with Crippen LogP contribution >= 0.6 is 0 Å². The van der Waals surface area contributed by atoms with E-state index in [2.05, 4.69) is 113 Å². The van der Waals surface area contributed by atoms with E-state index in [1.54, 1.807) is 0 Å². The minimum atomic E-state index is -0.204. The number of aliphatic imine (C=N–C) groups is 1. The van der Waals surface area contributed by atoms with Gasteiger partial charge in [0.15, 0.2) is 0 Å². The Labute approximate surface area is 222 Å². The van der Waals surface area contributed by atoms with Crippen LogP contribution in [-0.2, 0) is 0 Å². The topological polar surface area (TPSA) is 74.8 Å². The number of fused-ring (bicyclic) bond motifs is 1. The zero-order valence-electron chi connectivity index (χ0n) is 21.2. The molecule has 1 aliphatic rings. The van der Waals surface area contributed by atoms with E-state index in [1.165, 1.54) is 10.8 Å². The first-order valence-electron chi connectivity index (χ1n) is 12.8. The average molecular weight is 496 g/mol. The third-order valence-corrected chi connectivity index (χ3v) is 7.07. The average Bonchev–Trinajstić information content (AvgIpc) is 3.01. The van der Waals surface area contributed by atoms with E-state index in [0.717, 1.165) is 44.9 Å². The summed E-state index contributed by atoms with van der Waals surface area (Å²) in [6, 6.07) is 42.0. The van der Waals surface area contributed by atoms with Gasteiger partial charge in [0.2, 0.25) is 0 Å². The first-order chi connectivity index (χ1) is 18.7. The van der Waals surface area contributed by atoms with Crippen molar-refractivity contribution in [2.75, 3.05) is 0 Å². The molecule has 2 unspecified atom stereocenters. The Bertz CT molecular complexity index is 1620. The number of hydrazone groups is 1. The third-order valence-electron chi connectivity index (χ3n) is 7.07. The fraction of sp³-hybridized carbons (Fsp3) is 0.0909. The number of hydrogen-bond donors (Lipinski definition) is 3. The van der Waals surface area contributed by atoms with Crippen molar-refractivity contribution in [2.45, 2.75) is 19.3 Å². The Morgan fingerprint density at radius 1 is 0.711 bits per heavy atom. The maximum Gasteiger partial charge on any atom is 0.131 e. The summed E-state index contributed by atoms with van der Waals surface area (Å²) in [6.45, 7) is 1.95. The van der Waals surface area contributed by atoms with Crippen LogP contribution < -0.4 is 16.5 Å². The first-order valence-corrected chi connectivity index (χ1v) is 12.8. The van der Waals surface area contributed by atoms with Crippen LogP contribution in [0.25, 0.3) is 21.9 Å². The van der Waals surface area contributed by atoms with E-state index in [9.17, 15) is 0 Å². The Balaban J connectivity index is 1.41. The van der Waals surface area contributed by atoms with Gasteiger partial charge in [-0.1, -0.05) is 121 Å². The number of nitrogens with two attached hydrogens (primary N) is 1. The minimum absolute atomic E-state index is 0.0679. The van der Waals surface area contributed by atoms with Crippen LogP contribution in [0.4, 0.5) is 0 Å². The molecule has 5 heteroatoms. The van der Waals surface area contributed by atoms with Crippen LogP contribution in [0.2, 0.25) is 0 Å². The van der Waals surface area contributed by atoms with Crippen molar-refractivity contribution in [2.24, 2.45) is 15.9 Å². The predicted octanol–water partition coefficient (Wildman–Crippen LogP) is 6.53. The molecule has 0 bridgehead atoms. The van der Waals surface area contributed by atoms with Crippen molar-refractivity contribution >= 4 is 22.3 Å². The number of amidine groups is 1. The molecule has 5 nitrogen and oxygen atoms in total. The summed E-state index contributed by atoms with van der Waals surface area (Å²) in [5, 5.41) is 13.6. The van der Waals surface area contributed by atoms with Crippen LogP contribution in [0.15, 0.2) is 131 Å². The normalized spacial score (nSPS) is 17.6. The summed E-state index contributed by atoms with van der Waals surface area (Å²) in [4.78, 5) is 5.07. The van der Waals surface area contributed by atoms with E-state index >= 15 is 0 Å². The van der Waals surface area contributed by atoms with Crippen molar-refractivity contribution in [1.82, 2.24) is 10.6 Å². The lowest BCUT2D eigenvalue weighted by molar-refractivity contribution is 0.409. The Kier molecular flexibility index (Phi) is 6.42. The van der Waals surface area contributed by atoms with Crippen LogP contribution in [-0.4, -0.2) is 11.5 Å². The maximum absolute atomic E-state index is 5.70. The Hall–Kier alpha value is -4.74. The van der Waals surface area contributed by atoms with E-state index in [-0.39, 0.29) is 12.3 Å². The van der Waals surface area contributed by atoms with Gasteiger partial charge in [0.05, 0.1) is 5.71 Å². The monoisotopic (exact) mass is 495 g/mol. The van der Waals surface area contributed by atoms with Gasteiger partial charge in [0, 0.05) is 11.1 Å². The Morgan fingerprint density at radius 3 is 2.13 bits per heavy atom. The molecule has 0 radical (unpaired) electrons. The summed E-state index contributed by atoms with van der Waals surface area (Å²) < 4.78 is 0. The van der Waals surface area contributed by atoms with Gasteiger partial charge < -0.3 is 11.2 Å². The number of nitrogens with one attached hydrogen (secondary N) is 2. The summed E-state index contributed by atoms with van der Waals surface area (Å²) >= 11 is 0. The number of nitrogens with zero attached hydrogens (tertiary/aromatic N) is 2. The highest BCUT2D eigenvalue weighted by atomic mass is 15.3. The van der Waals surface area contributed by atoms with Gasteiger partial charge >= 0.3 is 0 Å². The highest BCUT2D eigenvalue weighted by Gasteiger charge is 2.25. The molecule has 0 aromatic heterocycles. The van der Waals surface area contributed by atoms with Crippen molar-refractivity contribution in [3.05, 3.63) is 144 Å². The van der Waals surface area contributed by atoms with Gasteiger partial charge in [0.1, 0.15) is 18.2 Å². The quantitative estimate of drug-likeness (QED) is 0.147. The molecule has 186 valence electrons. The van der Waals surface area contributed by atoms with Crippen LogP contribution in [0.1, 0.15) is 41.5 Å². The molecule has 1 aliphatic heterocycles. The lowest BCUT2D eigenvalue weighted by Gasteiger charge is -2.32. The molecule has 38 heavy (non-hydrogen) atoms. The van der Waals surface area contributed by atoms with Crippen LogP contribution in [0, 0.1) is 0 Å². The zero-order chi connectivity index (χ0) is 25.9. The Morgan fingerprint density at radius 2 is 1.39 bits per heavy atom. The predicted molar refractivity (Wildman–Crippen MR) is 157 cm³/mol. The van der Waals surface area contributed by atoms with E-state index in [0.29, 0.717) is 0 Å². The van der Waals surface area contributed by atoms with Crippen LogP contribution in [0.5, 0.6) is 0 Å². The summed E-state index contributed by atoms with van der Waals surface area (Å²) in [6.07, 6.45) is -0.272. The first kappa shape index (κ1) is 23.6. The van der Waals surface area contributed by atoms with Gasteiger partial charge in [-0.3, -0.25) is 5.32 Å². The molecule has 0 fully saturated rings. The lowest BCUT2D eigenvalue weighted by Crippen LogP contribution is -2.44. The molecule has 5 aromatic carbocycles.